The standard InChI is InChI=1S/C20H20FN5O2/c1-13-10-14(2)26-20(24-13)15(11-22)17(25-26)7-5-9-23-19(27)12-28-18-8-4-3-6-16(18)21/h3-4,6,8,10H,5,7,9,12H2,1-2H3,(H,23,27). The number of para-hydroxylation sites is 1. The van der Waals surface area contributed by atoms with Gasteiger partial charge in [0.15, 0.2) is 23.8 Å². The molecule has 2 heterocycles. The topological polar surface area (TPSA) is 92.3 Å². The van der Waals surface area contributed by atoms with Crippen LogP contribution in [-0.2, 0) is 11.2 Å². The maximum absolute atomic E-state index is 13.4. The third-order valence-corrected chi connectivity index (χ3v) is 4.19. The minimum absolute atomic E-state index is 0.0409. The van der Waals surface area contributed by atoms with Crippen LogP contribution in [0.5, 0.6) is 5.75 Å². The van der Waals surface area contributed by atoms with Gasteiger partial charge in [-0.05, 0) is 44.9 Å². The van der Waals surface area contributed by atoms with Crippen molar-refractivity contribution in [1.29, 1.82) is 5.26 Å². The molecule has 144 valence electrons. The zero-order valence-electron chi connectivity index (χ0n) is 15.7. The summed E-state index contributed by atoms with van der Waals surface area (Å²) in [5, 5.41) is 16.7. The molecule has 0 aliphatic carbocycles. The maximum Gasteiger partial charge on any atom is 0.257 e. The zero-order valence-corrected chi connectivity index (χ0v) is 15.7. The van der Waals surface area contributed by atoms with Gasteiger partial charge in [0.1, 0.15) is 11.6 Å². The Morgan fingerprint density at radius 3 is 2.89 bits per heavy atom. The molecule has 0 unspecified atom stereocenters. The number of carbonyl (C=O) groups excluding carboxylic acids is 1. The number of hydrogen-bond donors (Lipinski definition) is 1. The van der Waals surface area contributed by atoms with Crippen molar-refractivity contribution in [1.82, 2.24) is 19.9 Å². The summed E-state index contributed by atoms with van der Waals surface area (Å²) in [6.07, 6.45) is 1.13. The average Bonchev–Trinajstić information content (AvgIpc) is 3.02. The van der Waals surface area contributed by atoms with E-state index >= 15 is 0 Å². The second kappa shape index (κ2) is 8.48. The van der Waals surface area contributed by atoms with E-state index in [1.807, 2.05) is 19.9 Å². The number of benzene rings is 1. The van der Waals surface area contributed by atoms with E-state index in [1.54, 1.807) is 16.6 Å². The molecule has 7 nitrogen and oxygen atoms in total. The van der Waals surface area contributed by atoms with Crippen LogP contribution in [0.3, 0.4) is 0 Å². The van der Waals surface area contributed by atoms with Crippen LogP contribution in [-0.4, -0.2) is 33.7 Å². The van der Waals surface area contributed by atoms with E-state index in [2.05, 4.69) is 21.5 Å². The summed E-state index contributed by atoms with van der Waals surface area (Å²) in [5.41, 5.74) is 3.40. The quantitative estimate of drug-likeness (QED) is 0.635. The number of ether oxygens (including phenoxy) is 1. The number of carbonyl (C=O) groups is 1. The van der Waals surface area contributed by atoms with Gasteiger partial charge in [-0.1, -0.05) is 12.1 Å². The van der Waals surface area contributed by atoms with E-state index in [-0.39, 0.29) is 18.3 Å². The molecule has 0 aliphatic rings. The highest BCUT2D eigenvalue weighted by molar-refractivity contribution is 5.77. The van der Waals surface area contributed by atoms with Gasteiger partial charge < -0.3 is 10.1 Å². The minimum atomic E-state index is -0.509. The number of nitriles is 1. The number of amides is 1. The lowest BCUT2D eigenvalue weighted by Crippen LogP contribution is -2.30. The summed E-state index contributed by atoms with van der Waals surface area (Å²) < 4.78 is 20.3. The van der Waals surface area contributed by atoms with E-state index in [9.17, 15) is 14.4 Å². The molecule has 1 aromatic carbocycles. The fraction of sp³-hybridized carbons (Fsp3) is 0.300. The Bertz CT molecular complexity index is 1050. The van der Waals surface area contributed by atoms with Crippen molar-refractivity contribution in [3.63, 3.8) is 0 Å². The van der Waals surface area contributed by atoms with Gasteiger partial charge in [0.25, 0.3) is 5.91 Å². The Labute approximate surface area is 161 Å². The summed E-state index contributed by atoms with van der Waals surface area (Å²) in [7, 11) is 0. The largest absolute Gasteiger partial charge is 0.481 e. The van der Waals surface area contributed by atoms with Gasteiger partial charge in [-0.3, -0.25) is 4.79 Å². The molecule has 0 bridgehead atoms. The van der Waals surface area contributed by atoms with Crippen molar-refractivity contribution >= 4 is 11.6 Å². The molecule has 0 fully saturated rings. The molecule has 0 atom stereocenters. The van der Waals surface area contributed by atoms with Gasteiger partial charge in [0.2, 0.25) is 0 Å². The van der Waals surface area contributed by atoms with Crippen molar-refractivity contribution in [2.24, 2.45) is 0 Å². The van der Waals surface area contributed by atoms with Gasteiger partial charge in [-0.25, -0.2) is 13.9 Å². The molecule has 0 saturated heterocycles. The smallest absolute Gasteiger partial charge is 0.257 e. The molecule has 8 heteroatoms. The van der Waals surface area contributed by atoms with Crippen LogP contribution >= 0.6 is 0 Å². The summed E-state index contributed by atoms with van der Waals surface area (Å²) in [5.74, 6) is -0.809. The maximum atomic E-state index is 13.4. The van der Waals surface area contributed by atoms with Crippen molar-refractivity contribution in [3.05, 3.63) is 58.8 Å². The Kier molecular flexibility index (Phi) is 5.84. The van der Waals surface area contributed by atoms with E-state index in [4.69, 9.17) is 4.74 Å². The number of nitrogens with one attached hydrogen (secondary N) is 1. The van der Waals surface area contributed by atoms with Crippen LogP contribution in [0.4, 0.5) is 4.39 Å². The monoisotopic (exact) mass is 381 g/mol. The third kappa shape index (κ3) is 4.26. The second-order valence-electron chi connectivity index (χ2n) is 6.38. The lowest BCUT2D eigenvalue weighted by atomic mass is 10.1. The highest BCUT2D eigenvalue weighted by Crippen LogP contribution is 2.17. The lowest BCUT2D eigenvalue weighted by molar-refractivity contribution is -0.123. The van der Waals surface area contributed by atoms with E-state index in [0.717, 1.165) is 11.4 Å². The number of aromatic nitrogens is 3. The van der Waals surface area contributed by atoms with Crippen molar-refractivity contribution in [2.75, 3.05) is 13.2 Å². The summed E-state index contributed by atoms with van der Waals surface area (Å²) in [6.45, 7) is 3.92. The zero-order chi connectivity index (χ0) is 20.1. The van der Waals surface area contributed by atoms with Crippen molar-refractivity contribution in [3.8, 4) is 11.8 Å². The number of fused-ring (bicyclic) bond motifs is 1. The van der Waals surface area contributed by atoms with Crippen molar-refractivity contribution < 1.29 is 13.9 Å². The van der Waals surface area contributed by atoms with Crippen LogP contribution in [0.15, 0.2) is 30.3 Å². The Morgan fingerprint density at radius 1 is 1.36 bits per heavy atom. The van der Waals surface area contributed by atoms with Crippen LogP contribution in [0.25, 0.3) is 5.65 Å². The normalized spacial score (nSPS) is 10.6. The van der Waals surface area contributed by atoms with Gasteiger partial charge >= 0.3 is 0 Å². The molecule has 0 saturated carbocycles. The molecule has 0 radical (unpaired) electrons. The van der Waals surface area contributed by atoms with Gasteiger partial charge in [-0.2, -0.15) is 10.4 Å². The Hall–Kier alpha value is -3.47. The lowest BCUT2D eigenvalue weighted by Gasteiger charge is -2.07. The average molecular weight is 381 g/mol. The van der Waals surface area contributed by atoms with Crippen LogP contribution < -0.4 is 10.1 Å². The molecule has 3 aromatic rings. The Balaban J connectivity index is 1.53. The van der Waals surface area contributed by atoms with E-state index in [0.29, 0.717) is 36.3 Å². The number of rotatable bonds is 7. The molecule has 3 rings (SSSR count). The minimum Gasteiger partial charge on any atom is -0.481 e. The van der Waals surface area contributed by atoms with E-state index < -0.39 is 5.82 Å². The number of nitrogens with zero attached hydrogens (tertiary/aromatic N) is 4. The van der Waals surface area contributed by atoms with Crippen LogP contribution in [0.1, 0.15) is 29.1 Å². The van der Waals surface area contributed by atoms with Crippen LogP contribution in [0.2, 0.25) is 0 Å². The highest BCUT2D eigenvalue weighted by Gasteiger charge is 2.15. The summed E-state index contributed by atoms with van der Waals surface area (Å²) >= 11 is 0. The molecular weight excluding hydrogens is 361 g/mol. The first-order valence-corrected chi connectivity index (χ1v) is 8.89. The third-order valence-electron chi connectivity index (χ3n) is 4.19. The predicted molar refractivity (Wildman–Crippen MR) is 100 cm³/mol. The van der Waals surface area contributed by atoms with Gasteiger partial charge in [0, 0.05) is 17.9 Å². The first-order valence-electron chi connectivity index (χ1n) is 8.89. The fourth-order valence-electron chi connectivity index (χ4n) is 2.89. The molecular formula is C20H20FN5O2. The predicted octanol–water partition coefficient (Wildman–Crippen LogP) is 2.48. The molecule has 0 spiro atoms. The molecule has 0 aliphatic heterocycles. The molecule has 1 N–H and O–H groups in total. The van der Waals surface area contributed by atoms with Crippen molar-refractivity contribution in [2.45, 2.75) is 26.7 Å². The first kappa shape index (κ1) is 19.3. The SMILES string of the molecule is Cc1cc(C)n2nc(CCCNC(=O)COc3ccccc3F)c(C#N)c2n1. The summed E-state index contributed by atoms with van der Waals surface area (Å²) in [4.78, 5) is 16.3. The second-order valence-corrected chi connectivity index (χ2v) is 6.38. The first-order chi connectivity index (χ1) is 13.5. The van der Waals surface area contributed by atoms with Crippen LogP contribution in [0, 0.1) is 31.0 Å². The number of aryl methyl sites for hydroxylation is 3. The number of halogens is 1. The molecule has 2 aromatic heterocycles. The Morgan fingerprint density at radius 2 is 2.14 bits per heavy atom. The molecule has 28 heavy (non-hydrogen) atoms. The van der Waals surface area contributed by atoms with Gasteiger partial charge in [0.05, 0.1) is 5.69 Å². The highest BCUT2D eigenvalue weighted by atomic mass is 19.1. The van der Waals surface area contributed by atoms with E-state index in [1.165, 1.54) is 12.1 Å². The number of hydrogen-bond acceptors (Lipinski definition) is 5. The summed E-state index contributed by atoms with van der Waals surface area (Å²) in [6, 6.07) is 10.0. The molecule has 1 amide bonds. The fourth-order valence-corrected chi connectivity index (χ4v) is 2.89. The van der Waals surface area contributed by atoms with Gasteiger partial charge in [-0.15, -0.1) is 0 Å².